The molecule has 0 saturated carbocycles. The summed E-state index contributed by atoms with van der Waals surface area (Å²) in [7, 11) is 0. The van der Waals surface area contributed by atoms with Crippen molar-refractivity contribution in [1.29, 1.82) is 0 Å². The van der Waals surface area contributed by atoms with Crippen LogP contribution in [0.1, 0.15) is 0 Å². The predicted octanol–water partition coefficient (Wildman–Crippen LogP) is 12.4. The van der Waals surface area contributed by atoms with Crippen LogP contribution >= 0.6 is 45.3 Å². The molecule has 11 rings (SSSR count). The summed E-state index contributed by atoms with van der Waals surface area (Å²) in [6.45, 7) is 0. The first kappa shape index (κ1) is 24.6. The third kappa shape index (κ3) is 3.28. The molecule has 0 aliphatic heterocycles. The SMILES string of the molecule is c1ccc2cc(-n3c4ccc(-n5c6ccsc6c6sccc65)cc4c4cc(-n5c6ccsc6c6sccc65)ccc43)ccc2c1. The van der Waals surface area contributed by atoms with E-state index in [9.17, 15) is 0 Å². The molecule has 3 nitrogen and oxygen atoms in total. The van der Waals surface area contributed by atoms with Gasteiger partial charge in [0.25, 0.3) is 0 Å². The maximum absolute atomic E-state index is 2.44. The van der Waals surface area contributed by atoms with Crippen LogP contribution in [0.3, 0.4) is 0 Å². The van der Waals surface area contributed by atoms with Crippen molar-refractivity contribution < 1.29 is 0 Å². The van der Waals surface area contributed by atoms with E-state index in [2.05, 4.69) is 138 Å². The van der Waals surface area contributed by atoms with E-state index in [0.717, 1.165) is 0 Å². The lowest BCUT2D eigenvalue weighted by molar-refractivity contribution is 1.16. The van der Waals surface area contributed by atoms with Crippen molar-refractivity contribution in [2.24, 2.45) is 0 Å². The Morgan fingerprint density at radius 2 is 0.733 bits per heavy atom. The number of hydrogen-bond acceptors (Lipinski definition) is 4. The van der Waals surface area contributed by atoms with E-state index in [1.165, 1.54) is 90.5 Å². The van der Waals surface area contributed by atoms with Gasteiger partial charge in [-0.1, -0.05) is 30.3 Å². The summed E-state index contributed by atoms with van der Waals surface area (Å²) in [5.74, 6) is 0. The highest BCUT2D eigenvalue weighted by Gasteiger charge is 2.20. The number of hydrogen-bond donors (Lipinski definition) is 0. The molecule has 0 aliphatic carbocycles. The smallest absolute Gasteiger partial charge is 0.0704 e. The largest absolute Gasteiger partial charge is 0.309 e. The zero-order valence-corrected chi connectivity index (χ0v) is 26.9. The van der Waals surface area contributed by atoms with Gasteiger partial charge in [0, 0.05) is 27.8 Å². The summed E-state index contributed by atoms with van der Waals surface area (Å²) < 4.78 is 12.8. The molecule has 0 fully saturated rings. The minimum Gasteiger partial charge on any atom is -0.309 e. The lowest BCUT2D eigenvalue weighted by atomic mass is 10.1. The highest BCUT2D eigenvalue weighted by atomic mass is 32.1. The first-order valence-electron chi connectivity index (χ1n) is 14.8. The second-order valence-electron chi connectivity index (χ2n) is 11.5. The average molecular weight is 648 g/mol. The molecule has 11 aromatic rings. The molecule has 7 aromatic heterocycles. The Labute approximate surface area is 272 Å². The minimum atomic E-state index is 1.18. The molecule has 212 valence electrons. The van der Waals surface area contributed by atoms with Crippen molar-refractivity contribution >= 4 is 119 Å². The Bertz CT molecular complexity index is 2690. The van der Waals surface area contributed by atoms with E-state index in [0.29, 0.717) is 0 Å². The number of benzene rings is 4. The predicted molar refractivity (Wildman–Crippen MR) is 198 cm³/mol. The third-order valence-corrected chi connectivity index (χ3v) is 13.1. The fourth-order valence-electron chi connectivity index (χ4n) is 7.28. The first-order chi connectivity index (χ1) is 22.3. The number of thiophene rings is 4. The van der Waals surface area contributed by atoms with Crippen molar-refractivity contribution in [2.75, 3.05) is 0 Å². The fraction of sp³-hybridized carbons (Fsp3) is 0. The molecule has 0 saturated heterocycles. The van der Waals surface area contributed by atoms with Crippen LogP contribution in [0.25, 0.3) is 90.5 Å². The number of nitrogens with zero attached hydrogens (tertiary/aromatic N) is 3. The van der Waals surface area contributed by atoms with E-state index in [1.54, 1.807) is 0 Å². The van der Waals surface area contributed by atoms with Gasteiger partial charge in [-0.3, -0.25) is 0 Å². The summed E-state index contributed by atoms with van der Waals surface area (Å²) in [5, 5.41) is 13.9. The number of aromatic nitrogens is 3. The van der Waals surface area contributed by atoms with Gasteiger partial charge in [-0.2, -0.15) is 0 Å². The molecule has 0 bridgehead atoms. The van der Waals surface area contributed by atoms with Gasteiger partial charge in [-0.05, 0) is 105 Å². The molecule has 0 spiro atoms. The van der Waals surface area contributed by atoms with E-state index >= 15 is 0 Å². The van der Waals surface area contributed by atoms with Crippen molar-refractivity contribution in [3.05, 3.63) is 125 Å². The second-order valence-corrected chi connectivity index (χ2v) is 15.1. The van der Waals surface area contributed by atoms with Gasteiger partial charge in [0.05, 0.1) is 51.9 Å². The van der Waals surface area contributed by atoms with Gasteiger partial charge in [0.15, 0.2) is 0 Å². The van der Waals surface area contributed by atoms with Crippen LogP contribution in [-0.4, -0.2) is 13.7 Å². The monoisotopic (exact) mass is 647 g/mol. The average Bonchev–Trinajstić information content (AvgIpc) is 3.91. The number of fused-ring (bicyclic) bond motifs is 10. The molecule has 45 heavy (non-hydrogen) atoms. The second kappa shape index (κ2) is 8.96. The van der Waals surface area contributed by atoms with Crippen molar-refractivity contribution in [1.82, 2.24) is 13.7 Å². The molecular weight excluding hydrogens is 627 g/mol. The van der Waals surface area contributed by atoms with Crippen molar-refractivity contribution in [3.8, 4) is 17.1 Å². The standard InChI is InChI=1S/C38H21N3S4/c1-2-4-23-19-24(6-5-22(23)3-1)39-29-9-7-25(40-31-11-15-42-35(31)36-32(40)12-16-43-36)20-27(29)28-21-26(8-10-30(28)39)41-33-13-17-44-37(33)38-34(41)14-18-45-38/h1-21H. The molecule has 0 atom stereocenters. The van der Waals surface area contributed by atoms with Gasteiger partial charge in [-0.25, -0.2) is 0 Å². The molecular formula is C38H21N3S4. The Balaban J connectivity index is 1.24. The normalized spacial score (nSPS) is 12.4. The van der Waals surface area contributed by atoms with E-state index in [4.69, 9.17) is 0 Å². The first-order valence-corrected chi connectivity index (χ1v) is 18.3. The highest BCUT2D eigenvalue weighted by Crippen LogP contribution is 2.42. The minimum absolute atomic E-state index is 1.18. The maximum Gasteiger partial charge on any atom is 0.0704 e. The molecule has 7 heterocycles. The van der Waals surface area contributed by atoms with E-state index < -0.39 is 0 Å². The zero-order valence-electron chi connectivity index (χ0n) is 23.6. The van der Waals surface area contributed by atoms with Crippen LogP contribution in [0.15, 0.2) is 125 Å². The highest BCUT2D eigenvalue weighted by molar-refractivity contribution is 7.26. The molecule has 4 aromatic carbocycles. The lowest BCUT2D eigenvalue weighted by Crippen LogP contribution is -1.96. The molecule has 0 unspecified atom stereocenters. The Kier molecular flexibility index (Phi) is 4.91. The molecule has 0 aliphatic rings. The summed E-state index contributed by atoms with van der Waals surface area (Å²) >= 11 is 7.33. The lowest BCUT2D eigenvalue weighted by Gasteiger charge is -2.11. The summed E-state index contributed by atoms with van der Waals surface area (Å²) in [5.41, 5.74) is 11.1. The van der Waals surface area contributed by atoms with E-state index in [1.807, 2.05) is 45.3 Å². The Morgan fingerprint density at radius 3 is 1.22 bits per heavy atom. The molecule has 0 N–H and O–H groups in total. The molecule has 0 amide bonds. The Morgan fingerprint density at radius 1 is 0.333 bits per heavy atom. The van der Waals surface area contributed by atoms with E-state index in [-0.39, 0.29) is 0 Å². The summed E-state index contributed by atoms with van der Waals surface area (Å²) in [4.78, 5) is 0. The topological polar surface area (TPSA) is 14.8 Å². The van der Waals surface area contributed by atoms with Gasteiger partial charge in [0.2, 0.25) is 0 Å². The molecule has 7 heteroatoms. The van der Waals surface area contributed by atoms with Crippen LogP contribution in [0.2, 0.25) is 0 Å². The quantitative estimate of drug-likeness (QED) is 0.181. The van der Waals surface area contributed by atoms with Crippen molar-refractivity contribution in [2.45, 2.75) is 0 Å². The van der Waals surface area contributed by atoms with Gasteiger partial charge in [0.1, 0.15) is 0 Å². The van der Waals surface area contributed by atoms with Crippen LogP contribution in [0.4, 0.5) is 0 Å². The number of rotatable bonds is 3. The van der Waals surface area contributed by atoms with Crippen LogP contribution in [0.5, 0.6) is 0 Å². The Hall–Kier alpha value is -4.66. The van der Waals surface area contributed by atoms with Crippen LogP contribution in [0, 0.1) is 0 Å². The van der Waals surface area contributed by atoms with Gasteiger partial charge in [-0.15, -0.1) is 45.3 Å². The zero-order chi connectivity index (χ0) is 29.2. The van der Waals surface area contributed by atoms with Gasteiger partial charge < -0.3 is 13.7 Å². The summed E-state index contributed by atoms with van der Waals surface area (Å²) in [6.07, 6.45) is 0. The van der Waals surface area contributed by atoms with Crippen molar-refractivity contribution in [3.63, 3.8) is 0 Å². The fourth-order valence-corrected chi connectivity index (χ4v) is 11.2. The summed E-state index contributed by atoms with van der Waals surface area (Å²) in [6, 6.07) is 38.5. The van der Waals surface area contributed by atoms with Crippen LogP contribution < -0.4 is 0 Å². The third-order valence-electron chi connectivity index (χ3n) is 9.19. The van der Waals surface area contributed by atoms with Gasteiger partial charge >= 0.3 is 0 Å². The molecule has 0 radical (unpaired) electrons. The maximum atomic E-state index is 2.44. The van der Waals surface area contributed by atoms with Crippen LogP contribution in [-0.2, 0) is 0 Å².